The van der Waals surface area contributed by atoms with E-state index in [1.54, 1.807) is 11.8 Å². The van der Waals surface area contributed by atoms with E-state index in [1.807, 2.05) is 82.2 Å². The monoisotopic (exact) mass is 546 g/mol. The molecule has 1 aliphatic heterocycles. The molecule has 10 heteroatoms. The highest BCUT2D eigenvalue weighted by atomic mass is 16.7. The Labute approximate surface area is 234 Å². The predicted octanol–water partition coefficient (Wildman–Crippen LogP) is 5.39. The van der Waals surface area contributed by atoms with Crippen molar-refractivity contribution in [1.82, 2.24) is 24.6 Å². The van der Waals surface area contributed by atoms with Crippen molar-refractivity contribution < 1.29 is 19.0 Å². The van der Waals surface area contributed by atoms with Gasteiger partial charge in [-0.3, -0.25) is 4.68 Å². The number of hydrogen-bond donors (Lipinski definition) is 0. The number of aromatic nitrogens is 4. The standard InChI is InChI=1S/C30H38N6O4/c1-7-36(29(37)40-30(2,3)4)21-12-14-35(15-13-21)28-11-10-24-25(32-28)9-8-23(31-24)22-16-20-18-34(5)33-26(20)17-27(22)39-19-38-6/h8-11,16-18,21H,7,12-15,19H2,1-6H3. The maximum atomic E-state index is 12.7. The van der Waals surface area contributed by atoms with Crippen LogP contribution in [0.3, 0.4) is 0 Å². The zero-order valence-electron chi connectivity index (χ0n) is 24.2. The molecule has 0 radical (unpaired) electrons. The summed E-state index contributed by atoms with van der Waals surface area (Å²) in [5.74, 6) is 1.58. The maximum Gasteiger partial charge on any atom is 0.410 e. The van der Waals surface area contributed by atoms with E-state index in [1.165, 1.54) is 0 Å². The minimum absolute atomic E-state index is 0.133. The van der Waals surface area contributed by atoms with Crippen LogP contribution < -0.4 is 9.64 Å². The van der Waals surface area contributed by atoms with Gasteiger partial charge in [0.2, 0.25) is 0 Å². The topological polar surface area (TPSA) is 94.8 Å². The summed E-state index contributed by atoms with van der Waals surface area (Å²) in [6.45, 7) is 10.1. The van der Waals surface area contributed by atoms with E-state index in [4.69, 9.17) is 24.2 Å². The molecule has 3 aromatic heterocycles. The molecule has 40 heavy (non-hydrogen) atoms. The molecule has 0 N–H and O–H groups in total. The SMILES string of the molecule is CCN(C(=O)OC(C)(C)C)C1CCN(c2ccc3nc(-c4cc5cn(C)nc5cc4OCOC)ccc3n2)CC1. The summed E-state index contributed by atoms with van der Waals surface area (Å²) in [5.41, 5.74) is 3.65. The number of ether oxygens (including phenoxy) is 3. The molecular weight excluding hydrogens is 508 g/mol. The van der Waals surface area contributed by atoms with E-state index in [-0.39, 0.29) is 18.9 Å². The van der Waals surface area contributed by atoms with E-state index in [0.29, 0.717) is 12.3 Å². The summed E-state index contributed by atoms with van der Waals surface area (Å²) in [7, 11) is 3.50. The number of hydrogen-bond acceptors (Lipinski definition) is 8. The third-order valence-electron chi connectivity index (χ3n) is 7.05. The minimum atomic E-state index is -0.502. The molecule has 0 saturated carbocycles. The van der Waals surface area contributed by atoms with E-state index >= 15 is 0 Å². The van der Waals surface area contributed by atoms with Gasteiger partial charge in [-0.05, 0) is 70.9 Å². The van der Waals surface area contributed by atoms with Gasteiger partial charge in [-0.2, -0.15) is 5.10 Å². The zero-order valence-corrected chi connectivity index (χ0v) is 24.2. The molecule has 0 atom stereocenters. The molecule has 0 bridgehead atoms. The highest BCUT2D eigenvalue weighted by Gasteiger charge is 2.30. The van der Waals surface area contributed by atoms with E-state index < -0.39 is 5.60 Å². The highest BCUT2D eigenvalue weighted by Crippen LogP contribution is 2.34. The van der Waals surface area contributed by atoms with E-state index in [2.05, 4.69) is 10.00 Å². The molecule has 0 spiro atoms. The van der Waals surface area contributed by atoms with Crippen LogP contribution in [0.5, 0.6) is 5.75 Å². The quantitative estimate of drug-likeness (QED) is 0.285. The molecule has 10 nitrogen and oxygen atoms in total. The molecular formula is C30H38N6O4. The van der Waals surface area contributed by atoms with Crippen LogP contribution in [0.1, 0.15) is 40.5 Å². The molecule has 1 saturated heterocycles. The van der Waals surface area contributed by atoms with Gasteiger partial charge in [-0.15, -0.1) is 0 Å². The Morgan fingerprint density at radius 3 is 2.48 bits per heavy atom. The largest absolute Gasteiger partial charge is 0.467 e. The van der Waals surface area contributed by atoms with Crippen molar-refractivity contribution in [3.05, 3.63) is 42.6 Å². The first kappa shape index (κ1) is 27.6. The molecule has 1 aliphatic rings. The smallest absolute Gasteiger partial charge is 0.410 e. The van der Waals surface area contributed by atoms with Crippen molar-refractivity contribution in [1.29, 1.82) is 0 Å². The van der Waals surface area contributed by atoms with Crippen molar-refractivity contribution >= 4 is 33.8 Å². The Kier molecular flexibility index (Phi) is 7.80. The number of pyridine rings is 2. The third kappa shape index (κ3) is 5.96. The lowest BCUT2D eigenvalue weighted by molar-refractivity contribution is 0.0149. The normalized spacial score (nSPS) is 14.6. The Bertz CT molecular complexity index is 1500. The van der Waals surface area contributed by atoms with Gasteiger partial charge in [-0.25, -0.2) is 14.8 Å². The number of carbonyl (C=O) groups excluding carboxylic acids is 1. The fourth-order valence-corrected chi connectivity index (χ4v) is 5.21. The second-order valence-corrected chi connectivity index (χ2v) is 11.1. The van der Waals surface area contributed by atoms with Crippen molar-refractivity contribution in [2.75, 3.05) is 38.4 Å². The van der Waals surface area contributed by atoms with Crippen molar-refractivity contribution in [3.8, 4) is 17.0 Å². The highest BCUT2D eigenvalue weighted by molar-refractivity contribution is 5.89. The van der Waals surface area contributed by atoms with Gasteiger partial charge in [0.1, 0.15) is 17.2 Å². The van der Waals surface area contributed by atoms with Crippen molar-refractivity contribution in [2.45, 2.75) is 52.2 Å². The van der Waals surface area contributed by atoms with Gasteiger partial charge in [-0.1, -0.05) is 0 Å². The fraction of sp³-hybridized carbons (Fsp3) is 0.467. The third-order valence-corrected chi connectivity index (χ3v) is 7.05. The summed E-state index contributed by atoms with van der Waals surface area (Å²) in [6.07, 6.45) is 3.47. The Hall–Kier alpha value is -3.92. The Morgan fingerprint density at radius 2 is 1.77 bits per heavy atom. The summed E-state index contributed by atoms with van der Waals surface area (Å²) in [6, 6.07) is 12.1. The van der Waals surface area contributed by atoms with Crippen LogP contribution >= 0.6 is 0 Å². The van der Waals surface area contributed by atoms with E-state index in [0.717, 1.165) is 64.9 Å². The average Bonchev–Trinajstić information content (AvgIpc) is 3.29. The summed E-state index contributed by atoms with van der Waals surface area (Å²) in [4.78, 5) is 26.7. The van der Waals surface area contributed by atoms with E-state index in [9.17, 15) is 4.79 Å². The summed E-state index contributed by atoms with van der Waals surface area (Å²) >= 11 is 0. The first-order chi connectivity index (χ1) is 19.1. The second kappa shape index (κ2) is 11.3. The van der Waals surface area contributed by atoms with Gasteiger partial charge in [0.25, 0.3) is 0 Å². The molecule has 4 aromatic rings. The van der Waals surface area contributed by atoms with Gasteiger partial charge in [0.05, 0.1) is 22.2 Å². The lowest BCUT2D eigenvalue weighted by atomic mass is 10.0. The number of nitrogens with zero attached hydrogens (tertiary/aromatic N) is 6. The molecule has 0 unspecified atom stereocenters. The maximum absolute atomic E-state index is 12.7. The van der Waals surface area contributed by atoms with Crippen LogP contribution in [-0.2, 0) is 16.5 Å². The molecule has 0 aliphatic carbocycles. The van der Waals surface area contributed by atoms with Crippen LogP contribution in [-0.4, -0.2) is 75.9 Å². The van der Waals surface area contributed by atoms with Crippen LogP contribution in [0.4, 0.5) is 10.6 Å². The lowest BCUT2D eigenvalue weighted by Crippen LogP contribution is -2.49. The first-order valence-electron chi connectivity index (χ1n) is 13.8. The number of methoxy groups -OCH3 is 1. The number of piperidine rings is 1. The van der Waals surface area contributed by atoms with Crippen LogP contribution in [0.2, 0.25) is 0 Å². The molecule has 1 amide bonds. The van der Waals surface area contributed by atoms with Crippen molar-refractivity contribution in [2.24, 2.45) is 7.05 Å². The number of anilines is 1. The van der Waals surface area contributed by atoms with Gasteiger partial charge >= 0.3 is 6.09 Å². The molecule has 212 valence electrons. The van der Waals surface area contributed by atoms with Gasteiger partial charge < -0.3 is 24.0 Å². The predicted molar refractivity (Wildman–Crippen MR) is 156 cm³/mol. The molecule has 1 aromatic carbocycles. The van der Waals surface area contributed by atoms with Gasteiger partial charge in [0.15, 0.2) is 6.79 Å². The molecule has 1 fully saturated rings. The van der Waals surface area contributed by atoms with Crippen molar-refractivity contribution in [3.63, 3.8) is 0 Å². The number of rotatable bonds is 7. The second-order valence-electron chi connectivity index (χ2n) is 11.1. The Morgan fingerprint density at radius 1 is 1.05 bits per heavy atom. The number of carbonyl (C=O) groups is 1. The zero-order chi connectivity index (χ0) is 28.4. The number of fused-ring (bicyclic) bond motifs is 2. The summed E-state index contributed by atoms with van der Waals surface area (Å²) in [5, 5.41) is 5.51. The number of benzene rings is 1. The molecule has 4 heterocycles. The molecule has 5 rings (SSSR count). The number of amides is 1. The minimum Gasteiger partial charge on any atom is -0.467 e. The average molecular weight is 547 g/mol. The summed E-state index contributed by atoms with van der Waals surface area (Å²) < 4.78 is 18.4. The number of aryl methyl sites for hydroxylation is 1. The van der Waals surface area contributed by atoms with Crippen LogP contribution in [0.15, 0.2) is 42.6 Å². The van der Waals surface area contributed by atoms with Gasteiger partial charge in [0, 0.05) is 63.0 Å². The Balaban J connectivity index is 1.33. The first-order valence-corrected chi connectivity index (χ1v) is 13.8. The lowest BCUT2D eigenvalue weighted by Gasteiger charge is -2.39. The van der Waals surface area contributed by atoms with Crippen LogP contribution in [0, 0.1) is 0 Å². The van der Waals surface area contributed by atoms with Crippen LogP contribution in [0.25, 0.3) is 33.2 Å². The fourth-order valence-electron chi connectivity index (χ4n) is 5.21.